The van der Waals surface area contributed by atoms with Crippen molar-refractivity contribution in [2.45, 2.75) is 45.1 Å². The Morgan fingerprint density at radius 1 is 1.38 bits per heavy atom. The van der Waals surface area contributed by atoms with Gasteiger partial charge in [0.25, 0.3) is 0 Å². The summed E-state index contributed by atoms with van der Waals surface area (Å²) in [5, 5.41) is 7.28. The molecule has 1 fully saturated rings. The van der Waals surface area contributed by atoms with Crippen LogP contribution in [0, 0.1) is 5.92 Å². The minimum atomic E-state index is 0.489. The molecule has 2 N–H and O–H groups in total. The molecule has 4 heteroatoms. The van der Waals surface area contributed by atoms with Crippen molar-refractivity contribution >= 4 is 17.3 Å². The van der Waals surface area contributed by atoms with E-state index in [1.165, 1.54) is 32.1 Å². The van der Waals surface area contributed by atoms with Crippen LogP contribution < -0.4 is 10.6 Å². The minimum absolute atomic E-state index is 0.489. The van der Waals surface area contributed by atoms with Gasteiger partial charge in [0, 0.05) is 19.7 Å². The summed E-state index contributed by atoms with van der Waals surface area (Å²) in [5.74, 6) is 0.788. The molecule has 1 atom stereocenters. The fourth-order valence-corrected chi connectivity index (χ4v) is 2.56. The molecule has 3 nitrogen and oxygen atoms in total. The molecule has 1 aliphatic carbocycles. The number of thiocarbonyl (C=S) groups is 1. The highest BCUT2D eigenvalue weighted by atomic mass is 32.1. The van der Waals surface area contributed by atoms with E-state index in [2.05, 4.69) is 17.6 Å². The van der Waals surface area contributed by atoms with Gasteiger partial charge in [-0.1, -0.05) is 19.3 Å². The highest BCUT2D eigenvalue weighted by Gasteiger charge is 2.20. The Kier molecular flexibility index (Phi) is 6.73. The van der Waals surface area contributed by atoms with Crippen molar-refractivity contribution in [2.75, 3.05) is 20.3 Å². The molecule has 0 saturated heterocycles. The van der Waals surface area contributed by atoms with Gasteiger partial charge in [0.2, 0.25) is 0 Å². The lowest BCUT2D eigenvalue weighted by Crippen LogP contribution is -2.45. The van der Waals surface area contributed by atoms with Crippen molar-refractivity contribution in [1.82, 2.24) is 10.6 Å². The van der Waals surface area contributed by atoms with E-state index in [1.807, 2.05) is 0 Å². The molecule has 0 aromatic heterocycles. The Morgan fingerprint density at radius 3 is 2.69 bits per heavy atom. The standard InChI is InChI=1S/C12H24N2OS/c1-10(11-6-4-3-5-7-11)14-12(16)13-8-9-15-2/h10-11H,3-9H2,1-2H3,(H2,13,14,16). The van der Waals surface area contributed by atoms with E-state index in [-0.39, 0.29) is 0 Å². The molecular weight excluding hydrogens is 220 g/mol. The third kappa shape index (κ3) is 5.12. The monoisotopic (exact) mass is 244 g/mol. The molecule has 0 aliphatic heterocycles. The molecule has 1 saturated carbocycles. The van der Waals surface area contributed by atoms with Crippen LogP contribution in [0.15, 0.2) is 0 Å². The highest BCUT2D eigenvalue weighted by Crippen LogP contribution is 2.26. The zero-order chi connectivity index (χ0) is 11.8. The Hall–Kier alpha value is -0.350. The van der Waals surface area contributed by atoms with Crippen molar-refractivity contribution in [1.29, 1.82) is 0 Å². The Balaban J connectivity index is 2.16. The first-order valence-electron chi connectivity index (χ1n) is 6.27. The molecule has 0 aromatic rings. The van der Waals surface area contributed by atoms with Crippen molar-refractivity contribution in [3.8, 4) is 0 Å². The van der Waals surface area contributed by atoms with Crippen molar-refractivity contribution in [3.05, 3.63) is 0 Å². The van der Waals surface area contributed by atoms with Crippen LogP contribution >= 0.6 is 12.2 Å². The second kappa shape index (κ2) is 7.85. The number of methoxy groups -OCH3 is 1. The third-order valence-electron chi connectivity index (χ3n) is 3.31. The predicted octanol–water partition coefficient (Wildman–Crippen LogP) is 2.07. The number of nitrogens with one attached hydrogen (secondary N) is 2. The lowest BCUT2D eigenvalue weighted by molar-refractivity contribution is 0.203. The summed E-state index contributed by atoms with van der Waals surface area (Å²) >= 11 is 5.24. The molecule has 94 valence electrons. The van der Waals surface area contributed by atoms with Crippen LogP contribution in [-0.2, 0) is 4.74 Å². The first-order valence-corrected chi connectivity index (χ1v) is 6.68. The van der Waals surface area contributed by atoms with Gasteiger partial charge in [-0.3, -0.25) is 0 Å². The predicted molar refractivity (Wildman–Crippen MR) is 71.6 cm³/mol. The molecule has 0 amide bonds. The quantitative estimate of drug-likeness (QED) is 0.573. The topological polar surface area (TPSA) is 33.3 Å². The smallest absolute Gasteiger partial charge is 0.166 e. The Bertz CT molecular complexity index is 205. The average molecular weight is 244 g/mol. The highest BCUT2D eigenvalue weighted by molar-refractivity contribution is 7.80. The summed E-state index contributed by atoms with van der Waals surface area (Å²) in [7, 11) is 1.70. The lowest BCUT2D eigenvalue weighted by Gasteiger charge is -2.29. The number of ether oxygens (including phenoxy) is 1. The van der Waals surface area contributed by atoms with E-state index in [0.717, 1.165) is 17.6 Å². The van der Waals surface area contributed by atoms with Gasteiger partial charge in [0.15, 0.2) is 5.11 Å². The first kappa shape index (κ1) is 13.7. The zero-order valence-electron chi connectivity index (χ0n) is 10.4. The molecule has 0 bridgehead atoms. The number of rotatable bonds is 5. The van der Waals surface area contributed by atoms with Crippen molar-refractivity contribution in [3.63, 3.8) is 0 Å². The van der Waals surface area contributed by atoms with Gasteiger partial charge in [-0.25, -0.2) is 0 Å². The van der Waals surface area contributed by atoms with Gasteiger partial charge in [0.1, 0.15) is 0 Å². The summed E-state index contributed by atoms with van der Waals surface area (Å²) in [6.07, 6.45) is 6.84. The molecule has 0 aromatic carbocycles. The van der Waals surface area contributed by atoms with E-state index in [4.69, 9.17) is 17.0 Å². The third-order valence-corrected chi connectivity index (χ3v) is 3.57. The SMILES string of the molecule is COCCNC(=S)NC(C)C1CCCCC1. The Morgan fingerprint density at radius 2 is 2.06 bits per heavy atom. The summed E-state index contributed by atoms with van der Waals surface area (Å²) < 4.78 is 4.96. The van der Waals surface area contributed by atoms with Crippen molar-refractivity contribution in [2.24, 2.45) is 5.92 Å². The molecule has 0 heterocycles. The zero-order valence-corrected chi connectivity index (χ0v) is 11.2. The van der Waals surface area contributed by atoms with E-state index < -0.39 is 0 Å². The van der Waals surface area contributed by atoms with Crippen LogP contribution in [-0.4, -0.2) is 31.4 Å². The van der Waals surface area contributed by atoms with Crippen LogP contribution in [0.4, 0.5) is 0 Å². The van der Waals surface area contributed by atoms with Crippen LogP contribution in [0.25, 0.3) is 0 Å². The van der Waals surface area contributed by atoms with Crippen LogP contribution in [0.1, 0.15) is 39.0 Å². The average Bonchev–Trinajstić information content (AvgIpc) is 2.30. The second-order valence-corrected chi connectivity index (χ2v) is 4.99. The summed E-state index contributed by atoms with van der Waals surface area (Å²) in [6, 6.07) is 0.489. The molecule has 1 rings (SSSR count). The van der Waals surface area contributed by atoms with Gasteiger partial charge in [-0.2, -0.15) is 0 Å². The fourth-order valence-electron chi connectivity index (χ4n) is 2.28. The molecular formula is C12H24N2OS. The lowest BCUT2D eigenvalue weighted by atomic mass is 9.85. The van der Waals surface area contributed by atoms with Crippen LogP contribution in [0.5, 0.6) is 0 Å². The van der Waals surface area contributed by atoms with Crippen LogP contribution in [0.2, 0.25) is 0 Å². The molecule has 1 unspecified atom stereocenters. The van der Waals surface area contributed by atoms with Crippen LogP contribution in [0.3, 0.4) is 0 Å². The van der Waals surface area contributed by atoms with Gasteiger partial charge >= 0.3 is 0 Å². The fraction of sp³-hybridized carbons (Fsp3) is 0.917. The summed E-state index contributed by atoms with van der Waals surface area (Å²) in [6.45, 7) is 3.71. The van der Waals surface area contributed by atoms with E-state index in [1.54, 1.807) is 7.11 Å². The maximum atomic E-state index is 5.24. The second-order valence-electron chi connectivity index (χ2n) is 4.58. The minimum Gasteiger partial charge on any atom is -0.383 e. The van der Waals surface area contributed by atoms with Gasteiger partial charge in [-0.15, -0.1) is 0 Å². The Labute approximate surface area is 104 Å². The molecule has 16 heavy (non-hydrogen) atoms. The number of hydrogen-bond acceptors (Lipinski definition) is 2. The van der Waals surface area contributed by atoms with Gasteiger partial charge in [0.05, 0.1) is 6.61 Å². The van der Waals surface area contributed by atoms with E-state index in [9.17, 15) is 0 Å². The van der Waals surface area contributed by atoms with E-state index >= 15 is 0 Å². The summed E-state index contributed by atoms with van der Waals surface area (Å²) in [5.41, 5.74) is 0. The van der Waals surface area contributed by atoms with Gasteiger partial charge in [-0.05, 0) is 37.9 Å². The van der Waals surface area contributed by atoms with E-state index in [0.29, 0.717) is 12.6 Å². The molecule has 1 aliphatic rings. The maximum Gasteiger partial charge on any atom is 0.166 e. The van der Waals surface area contributed by atoms with Gasteiger partial charge < -0.3 is 15.4 Å². The maximum absolute atomic E-state index is 5.24. The number of hydrogen-bond donors (Lipinski definition) is 2. The molecule has 0 radical (unpaired) electrons. The first-order chi connectivity index (χ1) is 7.74. The van der Waals surface area contributed by atoms with Crippen molar-refractivity contribution < 1.29 is 4.74 Å². The molecule has 0 spiro atoms. The largest absolute Gasteiger partial charge is 0.383 e. The summed E-state index contributed by atoms with van der Waals surface area (Å²) in [4.78, 5) is 0. The normalized spacial score (nSPS) is 19.1.